The molecule has 4 nitrogen and oxygen atoms in total. The Kier molecular flexibility index (Phi) is 5.34. The van der Waals surface area contributed by atoms with Crippen LogP contribution in [-0.2, 0) is 4.79 Å². The van der Waals surface area contributed by atoms with Crippen LogP contribution in [0.4, 0.5) is 0 Å². The summed E-state index contributed by atoms with van der Waals surface area (Å²) in [7, 11) is 0. The molecule has 1 rings (SSSR count). The molecule has 0 aliphatic carbocycles. The lowest BCUT2D eigenvalue weighted by Crippen LogP contribution is -2.34. The van der Waals surface area contributed by atoms with Gasteiger partial charge in [-0.1, -0.05) is 15.9 Å². The molecule has 5 heteroatoms. The fraction of sp³-hybridized carbons (Fsp3) is 0.385. The van der Waals surface area contributed by atoms with E-state index >= 15 is 0 Å². The van der Waals surface area contributed by atoms with Crippen LogP contribution in [0.3, 0.4) is 0 Å². The van der Waals surface area contributed by atoms with Crippen LogP contribution in [0.15, 0.2) is 22.7 Å². The number of hydrogen-bond donors (Lipinski definition) is 1. The number of nitrogens with one attached hydrogen (secondary N) is 1. The molecule has 0 aromatic heterocycles. The molecular weight excluding hydrogens is 298 g/mol. The lowest BCUT2D eigenvalue weighted by molar-refractivity contribution is -0.123. The molecule has 0 spiro atoms. The number of hydrogen-bond acceptors (Lipinski definition) is 3. The van der Waals surface area contributed by atoms with E-state index in [0.29, 0.717) is 11.3 Å². The second kappa shape index (κ2) is 6.54. The molecule has 0 radical (unpaired) electrons. The number of carbonyl (C=O) groups excluding carboxylic acids is 2. The van der Waals surface area contributed by atoms with Gasteiger partial charge in [-0.3, -0.25) is 9.59 Å². The van der Waals surface area contributed by atoms with Gasteiger partial charge in [0, 0.05) is 10.5 Å². The molecule has 1 N–H and O–H groups in total. The van der Waals surface area contributed by atoms with Crippen LogP contribution < -0.4 is 10.1 Å². The number of ether oxygens (including phenoxy) is 1. The third-order valence-electron chi connectivity index (χ3n) is 2.13. The zero-order valence-electron chi connectivity index (χ0n) is 10.6. The van der Waals surface area contributed by atoms with Gasteiger partial charge in [-0.25, -0.2) is 0 Å². The molecule has 0 saturated carbocycles. The van der Waals surface area contributed by atoms with Crippen LogP contribution in [0.5, 0.6) is 5.75 Å². The van der Waals surface area contributed by atoms with Crippen LogP contribution >= 0.6 is 15.9 Å². The van der Waals surface area contributed by atoms with E-state index in [-0.39, 0.29) is 24.3 Å². The summed E-state index contributed by atoms with van der Waals surface area (Å²) in [5, 5.41) is 2.71. The van der Waals surface area contributed by atoms with Crippen molar-refractivity contribution in [2.75, 3.05) is 6.61 Å². The Morgan fingerprint density at radius 1 is 1.39 bits per heavy atom. The number of amides is 1. The standard InChI is InChI=1S/C13H16BrNO3/c1-8(2)15-13(17)7-18-12-5-4-10(14)6-11(12)9(3)16/h4-6,8H,7H2,1-3H3,(H,15,17). The van der Waals surface area contributed by atoms with Gasteiger partial charge < -0.3 is 10.1 Å². The molecule has 0 aliphatic heterocycles. The van der Waals surface area contributed by atoms with Gasteiger partial charge in [-0.15, -0.1) is 0 Å². The summed E-state index contributed by atoms with van der Waals surface area (Å²) in [6, 6.07) is 5.18. The number of carbonyl (C=O) groups is 2. The molecule has 18 heavy (non-hydrogen) atoms. The van der Waals surface area contributed by atoms with E-state index in [0.717, 1.165) is 4.47 Å². The van der Waals surface area contributed by atoms with Crippen molar-refractivity contribution < 1.29 is 14.3 Å². The number of rotatable bonds is 5. The summed E-state index contributed by atoms with van der Waals surface area (Å²) in [6.07, 6.45) is 0. The Morgan fingerprint density at radius 2 is 2.06 bits per heavy atom. The first kappa shape index (κ1) is 14.7. The predicted molar refractivity (Wildman–Crippen MR) is 72.9 cm³/mol. The summed E-state index contributed by atoms with van der Waals surface area (Å²) in [6.45, 7) is 5.11. The van der Waals surface area contributed by atoms with E-state index in [1.54, 1.807) is 18.2 Å². The molecule has 98 valence electrons. The second-order valence-corrected chi connectivity index (χ2v) is 5.12. The van der Waals surface area contributed by atoms with E-state index in [4.69, 9.17) is 4.74 Å². The number of halogens is 1. The Labute approximate surface area is 115 Å². The van der Waals surface area contributed by atoms with Crippen molar-refractivity contribution in [1.29, 1.82) is 0 Å². The summed E-state index contributed by atoms with van der Waals surface area (Å²) in [5.41, 5.74) is 0.460. The van der Waals surface area contributed by atoms with Gasteiger partial charge in [0.2, 0.25) is 0 Å². The Morgan fingerprint density at radius 3 is 2.61 bits per heavy atom. The average Bonchev–Trinajstić information content (AvgIpc) is 2.26. The van der Waals surface area contributed by atoms with Crippen molar-refractivity contribution in [2.45, 2.75) is 26.8 Å². The fourth-order valence-corrected chi connectivity index (χ4v) is 1.77. The molecule has 0 bridgehead atoms. The first-order valence-corrected chi connectivity index (χ1v) is 6.42. The topological polar surface area (TPSA) is 55.4 Å². The van der Waals surface area contributed by atoms with Crippen LogP contribution in [0.25, 0.3) is 0 Å². The molecule has 0 saturated heterocycles. The maximum atomic E-state index is 11.4. The highest BCUT2D eigenvalue weighted by molar-refractivity contribution is 9.10. The molecule has 0 fully saturated rings. The van der Waals surface area contributed by atoms with Gasteiger partial charge in [-0.2, -0.15) is 0 Å². The summed E-state index contributed by atoms with van der Waals surface area (Å²) >= 11 is 3.29. The lowest BCUT2D eigenvalue weighted by atomic mass is 10.1. The highest BCUT2D eigenvalue weighted by Crippen LogP contribution is 2.23. The van der Waals surface area contributed by atoms with Crippen molar-refractivity contribution in [2.24, 2.45) is 0 Å². The highest BCUT2D eigenvalue weighted by Gasteiger charge is 2.11. The van der Waals surface area contributed by atoms with Gasteiger partial charge in [0.1, 0.15) is 5.75 Å². The highest BCUT2D eigenvalue weighted by atomic mass is 79.9. The summed E-state index contributed by atoms with van der Waals surface area (Å²) < 4.78 is 6.16. The zero-order chi connectivity index (χ0) is 13.7. The Balaban J connectivity index is 2.73. The summed E-state index contributed by atoms with van der Waals surface area (Å²) in [5.74, 6) is 0.114. The third-order valence-corrected chi connectivity index (χ3v) is 2.62. The van der Waals surface area contributed by atoms with Crippen LogP contribution in [-0.4, -0.2) is 24.3 Å². The minimum absolute atomic E-state index is 0.0679. The monoisotopic (exact) mass is 313 g/mol. The van der Waals surface area contributed by atoms with Gasteiger partial charge in [-0.05, 0) is 39.0 Å². The van der Waals surface area contributed by atoms with E-state index in [1.807, 2.05) is 13.8 Å². The first-order valence-electron chi connectivity index (χ1n) is 5.62. The van der Waals surface area contributed by atoms with Crippen LogP contribution in [0.1, 0.15) is 31.1 Å². The molecule has 1 aromatic carbocycles. The van der Waals surface area contributed by atoms with Crippen molar-refractivity contribution in [1.82, 2.24) is 5.32 Å². The molecule has 0 heterocycles. The van der Waals surface area contributed by atoms with E-state index in [1.165, 1.54) is 6.92 Å². The van der Waals surface area contributed by atoms with Crippen molar-refractivity contribution in [3.63, 3.8) is 0 Å². The maximum Gasteiger partial charge on any atom is 0.258 e. The van der Waals surface area contributed by atoms with Gasteiger partial charge in [0.15, 0.2) is 12.4 Å². The van der Waals surface area contributed by atoms with Gasteiger partial charge in [0.25, 0.3) is 5.91 Å². The SMILES string of the molecule is CC(=O)c1cc(Br)ccc1OCC(=O)NC(C)C. The molecular formula is C13H16BrNO3. The molecule has 0 unspecified atom stereocenters. The number of benzene rings is 1. The Bertz CT molecular complexity index is 458. The quantitative estimate of drug-likeness (QED) is 0.850. The van der Waals surface area contributed by atoms with Gasteiger partial charge in [0.05, 0.1) is 5.56 Å². The zero-order valence-corrected chi connectivity index (χ0v) is 12.2. The number of Topliss-reactive ketones (excluding diaryl/α,β-unsaturated/α-hetero) is 1. The molecule has 1 amide bonds. The lowest BCUT2D eigenvalue weighted by Gasteiger charge is -2.12. The third kappa shape index (κ3) is 4.49. The minimum atomic E-state index is -0.206. The van der Waals surface area contributed by atoms with Crippen molar-refractivity contribution in [3.8, 4) is 5.75 Å². The van der Waals surface area contributed by atoms with E-state index in [9.17, 15) is 9.59 Å². The molecule has 1 aromatic rings. The average molecular weight is 314 g/mol. The molecule has 0 atom stereocenters. The van der Waals surface area contributed by atoms with Crippen LogP contribution in [0, 0.1) is 0 Å². The van der Waals surface area contributed by atoms with Crippen LogP contribution in [0.2, 0.25) is 0 Å². The largest absolute Gasteiger partial charge is 0.483 e. The van der Waals surface area contributed by atoms with Gasteiger partial charge >= 0.3 is 0 Å². The molecule has 0 aliphatic rings. The maximum absolute atomic E-state index is 11.4. The second-order valence-electron chi connectivity index (χ2n) is 4.21. The normalized spacial score (nSPS) is 10.3. The smallest absolute Gasteiger partial charge is 0.258 e. The Hall–Kier alpha value is -1.36. The van der Waals surface area contributed by atoms with Crippen molar-refractivity contribution >= 4 is 27.6 Å². The fourth-order valence-electron chi connectivity index (χ4n) is 1.41. The van der Waals surface area contributed by atoms with E-state index < -0.39 is 0 Å². The number of ketones is 1. The first-order chi connectivity index (χ1) is 8.40. The summed E-state index contributed by atoms with van der Waals surface area (Å²) in [4.78, 5) is 22.9. The van der Waals surface area contributed by atoms with Crippen molar-refractivity contribution in [3.05, 3.63) is 28.2 Å². The minimum Gasteiger partial charge on any atom is -0.483 e. The predicted octanol–water partition coefficient (Wildman–Crippen LogP) is 2.56. The van der Waals surface area contributed by atoms with E-state index in [2.05, 4.69) is 21.2 Å².